The van der Waals surface area contributed by atoms with Crippen molar-refractivity contribution in [3.63, 3.8) is 0 Å². The summed E-state index contributed by atoms with van der Waals surface area (Å²) >= 11 is 5.91. The number of halogens is 1. The lowest BCUT2D eigenvalue weighted by atomic mass is 10.1. The zero-order valence-electron chi connectivity index (χ0n) is 11.9. The minimum atomic E-state index is -3.56. The molecule has 2 saturated heterocycles. The number of fused-ring (bicyclic) bond motifs is 2. The fourth-order valence-electron chi connectivity index (χ4n) is 3.12. The molecule has 0 aromatic heterocycles. The second-order valence-corrected chi connectivity index (χ2v) is 7.93. The molecule has 116 valence electrons. The minimum Gasteiger partial charge on any atom is -0.495 e. The summed E-state index contributed by atoms with van der Waals surface area (Å²) in [6.45, 7) is 1.06. The van der Waals surface area contributed by atoms with Crippen molar-refractivity contribution >= 4 is 21.6 Å². The quantitative estimate of drug-likeness (QED) is 0.919. The first-order chi connectivity index (χ1) is 10.0. The molecule has 2 heterocycles. The monoisotopic (exact) mass is 330 g/mol. The summed E-state index contributed by atoms with van der Waals surface area (Å²) in [4.78, 5) is 0.187. The molecule has 3 rings (SSSR count). The lowest BCUT2D eigenvalue weighted by Crippen LogP contribution is -2.39. The van der Waals surface area contributed by atoms with Gasteiger partial charge in [0.05, 0.1) is 7.11 Å². The van der Waals surface area contributed by atoms with Gasteiger partial charge in [-0.2, -0.15) is 4.31 Å². The minimum absolute atomic E-state index is 0.187. The van der Waals surface area contributed by atoms with Crippen LogP contribution in [0.2, 0.25) is 5.02 Å². The zero-order valence-corrected chi connectivity index (χ0v) is 13.5. The molecule has 2 aliphatic heterocycles. The van der Waals surface area contributed by atoms with Crippen molar-refractivity contribution < 1.29 is 13.2 Å². The van der Waals surface area contributed by atoms with Crippen LogP contribution >= 0.6 is 11.6 Å². The Morgan fingerprint density at radius 3 is 2.81 bits per heavy atom. The molecule has 2 atom stereocenters. The van der Waals surface area contributed by atoms with E-state index in [1.54, 1.807) is 10.4 Å². The molecule has 2 aliphatic rings. The van der Waals surface area contributed by atoms with Gasteiger partial charge < -0.3 is 10.1 Å². The van der Waals surface area contributed by atoms with Crippen molar-refractivity contribution in [1.29, 1.82) is 0 Å². The van der Waals surface area contributed by atoms with E-state index in [2.05, 4.69) is 5.32 Å². The predicted octanol–water partition coefficient (Wildman–Crippen LogP) is 1.86. The maximum absolute atomic E-state index is 12.9. The smallest absolute Gasteiger partial charge is 0.246 e. The molecular formula is C14H19ClN2O3S. The van der Waals surface area contributed by atoms with Crippen LogP contribution < -0.4 is 10.1 Å². The Balaban J connectivity index is 1.93. The molecule has 2 bridgehead atoms. The number of sulfonamides is 1. The zero-order chi connectivity index (χ0) is 15.0. The van der Waals surface area contributed by atoms with Crippen LogP contribution in [0.5, 0.6) is 5.75 Å². The second kappa shape index (κ2) is 5.76. The fourth-order valence-corrected chi connectivity index (χ4v) is 4.92. The van der Waals surface area contributed by atoms with Gasteiger partial charge in [-0.25, -0.2) is 8.42 Å². The highest BCUT2D eigenvalue weighted by atomic mass is 35.5. The van der Waals surface area contributed by atoms with E-state index in [9.17, 15) is 8.42 Å². The van der Waals surface area contributed by atoms with Crippen LogP contribution in [0.1, 0.15) is 19.3 Å². The van der Waals surface area contributed by atoms with Crippen molar-refractivity contribution in [2.24, 2.45) is 0 Å². The highest BCUT2D eigenvalue weighted by Crippen LogP contribution is 2.31. The van der Waals surface area contributed by atoms with E-state index < -0.39 is 10.0 Å². The Kier molecular flexibility index (Phi) is 4.14. The topological polar surface area (TPSA) is 58.6 Å². The van der Waals surface area contributed by atoms with E-state index in [1.807, 2.05) is 0 Å². The van der Waals surface area contributed by atoms with Gasteiger partial charge in [0.1, 0.15) is 10.6 Å². The van der Waals surface area contributed by atoms with Crippen molar-refractivity contribution in [1.82, 2.24) is 9.62 Å². The van der Waals surface area contributed by atoms with Crippen LogP contribution in [-0.2, 0) is 10.0 Å². The third-order valence-electron chi connectivity index (χ3n) is 4.23. The van der Waals surface area contributed by atoms with Crippen LogP contribution in [0.3, 0.4) is 0 Å². The van der Waals surface area contributed by atoms with Crippen LogP contribution in [0.25, 0.3) is 0 Å². The first-order valence-corrected chi connectivity index (χ1v) is 8.92. The molecule has 5 nitrogen and oxygen atoms in total. The summed E-state index contributed by atoms with van der Waals surface area (Å²) in [6.07, 6.45) is 3.03. The Bertz CT molecular complexity index is 635. The van der Waals surface area contributed by atoms with E-state index in [-0.39, 0.29) is 10.9 Å². The first kappa shape index (κ1) is 15.1. The van der Waals surface area contributed by atoms with Crippen LogP contribution in [0.4, 0.5) is 0 Å². The van der Waals surface area contributed by atoms with Gasteiger partial charge in [-0.05, 0) is 31.4 Å². The molecule has 2 unspecified atom stereocenters. The van der Waals surface area contributed by atoms with Crippen molar-refractivity contribution in [3.05, 3.63) is 23.2 Å². The summed E-state index contributed by atoms with van der Waals surface area (Å²) in [5.41, 5.74) is 0. The van der Waals surface area contributed by atoms with Crippen LogP contribution in [0.15, 0.2) is 23.1 Å². The number of ether oxygens (including phenoxy) is 1. The highest BCUT2D eigenvalue weighted by molar-refractivity contribution is 7.89. The number of nitrogens with one attached hydrogen (secondary N) is 1. The Morgan fingerprint density at radius 2 is 2.05 bits per heavy atom. The summed E-state index contributed by atoms with van der Waals surface area (Å²) in [5, 5.41) is 3.95. The Labute approximate surface area is 130 Å². The maximum Gasteiger partial charge on any atom is 0.246 e. The normalized spacial score (nSPS) is 26.6. The number of methoxy groups -OCH3 is 1. The number of hydrogen-bond acceptors (Lipinski definition) is 4. The molecule has 0 aliphatic carbocycles. The van der Waals surface area contributed by atoms with Gasteiger partial charge >= 0.3 is 0 Å². The van der Waals surface area contributed by atoms with Gasteiger partial charge in [-0.15, -0.1) is 0 Å². The van der Waals surface area contributed by atoms with E-state index in [0.717, 1.165) is 19.3 Å². The van der Waals surface area contributed by atoms with Gasteiger partial charge in [0.25, 0.3) is 0 Å². The first-order valence-electron chi connectivity index (χ1n) is 7.10. The molecule has 7 heteroatoms. The third-order valence-corrected chi connectivity index (χ3v) is 6.37. The predicted molar refractivity (Wildman–Crippen MR) is 81.3 cm³/mol. The SMILES string of the molecule is COc1cc(Cl)ccc1S(=O)(=O)N1CCC2CCC(C1)N2. The summed E-state index contributed by atoms with van der Waals surface area (Å²) in [6, 6.07) is 5.34. The number of hydrogen-bond donors (Lipinski definition) is 1. The Hall–Kier alpha value is -0.820. The molecule has 0 amide bonds. The van der Waals surface area contributed by atoms with Gasteiger partial charge in [0.2, 0.25) is 10.0 Å². The molecule has 1 aromatic rings. The molecule has 0 saturated carbocycles. The standard InChI is InChI=1S/C14H19ClN2O3S/c1-20-13-8-10(15)2-5-14(13)21(18,19)17-7-6-11-3-4-12(9-17)16-11/h2,5,8,11-12,16H,3-4,6-7,9H2,1H3. The molecule has 0 spiro atoms. The molecule has 21 heavy (non-hydrogen) atoms. The van der Waals surface area contributed by atoms with E-state index in [1.165, 1.54) is 19.2 Å². The number of benzene rings is 1. The maximum atomic E-state index is 12.9. The van der Waals surface area contributed by atoms with Gasteiger partial charge in [0.15, 0.2) is 0 Å². The van der Waals surface area contributed by atoms with E-state index in [0.29, 0.717) is 29.9 Å². The number of nitrogens with zero attached hydrogens (tertiary/aromatic N) is 1. The summed E-state index contributed by atoms with van der Waals surface area (Å²) in [5.74, 6) is 0.296. The van der Waals surface area contributed by atoms with Crippen molar-refractivity contribution in [3.8, 4) is 5.75 Å². The van der Waals surface area contributed by atoms with Gasteiger partial charge in [-0.1, -0.05) is 11.6 Å². The molecular weight excluding hydrogens is 312 g/mol. The average molecular weight is 331 g/mol. The van der Waals surface area contributed by atoms with Crippen molar-refractivity contribution in [2.45, 2.75) is 36.2 Å². The molecule has 2 fully saturated rings. The van der Waals surface area contributed by atoms with E-state index in [4.69, 9.17) is 16.3 Å². The third kappa shape index (κ3) is 2.90. The van der Waals surface area contributed by atoms with Crippen molar-refractivity contribution in [2.75, 3.05) is 20.2 Å². The lowest BCUT2D eigenvalue weighted by molar-refractivity contribution is 0.373. The van der Waals surface area contributed by atoms with E-state index >= 15 is 0 Å². The fraction of sp³-hybridized carbons (Fsp3) is 0.571. The molecule has 0 radical (unpaired) electrons. The number of rotatable bonds is 3. The lowest BCUT2D eigenvalue weighted by Gasteiger charge is -2.24. The van der Waals surface area contributed by atoms with Crippen LogP contribution in [0, 0.1) is 0 Å². The highest BCUT2D eigenvalue weighted by Gasteiger charge is 2.36. The molecule has 1 aromatic carbocycles. The molecule has 1 N–H and O–H groups in total. The van der Waals surface area contributed by atoms with Crippen LogP contribution in [-0.4, -0.2) is 45.0 Å². The average Bonchev–Trinajstić information content (AvgIpc) is 2.77. The van der Waals surface area contributed by atoms with Gasteiger partial charge in [0, 0.05) is 36.3 Å². The summed E-state index contributed by atoms with van der Waals surface area (Å²) < 4.78 is 32.5. The largest absolute Gasteiger partial charge is 0.495 e. The summed E-state index contributed by atoms with van der Waals surface area (Å²) in [7, 11) is -2.10. The van der Waals surface area contributed by atoms with Gasteiger partial charge in [-0.3, -0.25) is 0 Å². The Morgan fingerprint density at radius 1 is 1.29 bits per heavy atom. The second-order valence-electron chi connectivity index (χ2n) is 5.58.